The zero-order valence-electron chi connectivity index (χ0n) is 26.8. The van der Waals surface area contributed by atoms with Gasteiger partial charge in [0.15, 0.2) is 11.5 Å². The molecule has 0 unspecified atom stereocenters. The van der Waals surface area contributed by atoms with Crippen molar-refractivity contribution < 1.29 is 33.2 Å². The van der Waals surface area contributed by atoms with Crippen LogP contribution in [0.3, 0.4) is 0 Å². The summed E-state index contributed by atoms with van der Waals surface area (Å²) in [7, 11) is 1.73. The van der Waals surface area contributed by atoms with E-state index in [0.717, 1.165) is 10.9 Å². The lowest BCUT2D eigenvalue weighted by molar-refractivity contribution is -0.00840. The minimum absolute atomic E-state index is 0.170. The zero-order valence-corrected chi connectivity index (χ0v) is 26.8. The molecule has 3 aromatic heterocycles. The molecule has 250 valence electrons. The molecule has 0 saturated heterocycles. The molecule has 0 aliphatic carbocycles. The van der Waals surface area contributed by atoms with Crippen molar-refractivity contribution in [3.63, 3.8) is 0 Å². The second-order valence-electron chi connectivity index (χ2n) is 10.9. The first-order valence-electron chi connectivity index (χ1n) is 15.9. The van der Waals surface area contributed by atoms with Gasteiger partial charge in [0.25, 0.3) is 5.56 Å². The Bertz CT molecular complexity index is 1830. The molecule has 48 heavy (non-hydrogen) atoms. The van der Waals surface area contributed by atoms with Crippen LogP contribution in [-0.4, -0.2) is 85.6 Å². The fourth-order valence-electron chi connectivity index (χ4n) is 5.05. The lowest BCUT2D eigenvalue weighted by Gasteiger charge is -2.16. The Morgan fingerprint density at radius 1 is 0.708 bits per heavy atom. The van der Waals surface area contributed by atoms with Crippen LogP contribution in [-0.2, 0) is 32.4 Å². The van der Waals surface area contributed by atoms with Gasteiger partial charge in [-0.15, -0.1) is 0 Å². The molecule has 6 rings (SSSR count). The van der Waals surface area contributed by atoms with Crippen molar-refractivity contribution in [1.29, 1.82) is 0 Å². The Labute approximate surface area is 278 Å². The van der Waals surface area contributed by atoms with Crippen LogP contribution >= 0.6 is 0 Å². The first-order valence-corrected chi connectivity index (χ1v) is 15.9. The van der Waals surface area contributed by atoms with Crippen LogP contribution in [0.5, 0.6) is 23.0 Å². The van der Waals surface area contributed by atoms with Gasteiger partial charge in [-0.3, -0.25) is 19.3 Å². The highest BCUT2D eigenvalue weighted by molar-refractivity contribution is 5.88. The summed E-state index contributed by atoms with van der Waals surface area (Å²) in [5.74, 6) is 2.78. The molecule has 1 aliphatic rings. The molecular formula is C36H38N4O8. The molecule has 12 nitrogen and oxygen atoms in total. The van der Waals surface area contributed by atoms with Gasteiger partial charge in [-0.1, -0.05) is 30.3 Å². The number of benzene rings is 2. The monoisotopic (exact) mass is 654 g/mol. The molecule has 2 aromatic carbocycles. The third-order valence-corrected chi connectivity index (χ3v) is 7.56. The average Bonchev–Trinajstić information content (AvgIpc) is 3.11. The van der Waals surface area contributed by atoms with Crippen molar-refractivity contribution >= 4 is 10.9 Å². The summed E-state index contributed by atoms with van der Waals surface area (Å²) in [6.07, 6.45) is 5.39. The molecule has 0 radical (unpaired) electrons. The Balaban J connectivity index is 1.18. The maximum absolute atomic E-state index is 13.2. The number of hydrogen-bond acceptors (Lipinski definition) is 11. The predicted molar refractivity (Wildman–Crippen MR) is 178 cm³/mol. The summed E-state index contributed by atoms with van der Waals surface area (Å²) in [5.41, 5.74) is 2.48. The van der Waals surface area contributed by atoms with Crippen molar-refractivity contribution in [1.82, 2.24) is 19.5 Å². The van der Waals surface area contributed by atoms with E-state index in [1.807, 2.05) is 42.5 Å². The molecule has 0 amide bonds. The summed E-state index contributed by atoms with van der Waals surface area (Å²) in [5, 5.41) is 0.723. The number of fused-ring (bicyclic) bond motifs is 2. The molecule has 0 saturated carbocycles. The quantitative estimate of drug-likeness (QED) is 0.264. The van der Waals surface area contributed by atoms with E-state index in [9.17, 15) is 4.79 Å². The van der Waals surface area contributed by atoms with E-state index in [1.54, 1.807) is 48.4 Å². The summed E-state index contributed by atoms with van der Waals surface area (Å²) in [6.45, 7) is 4.27. The van der Waals surface area contributed by atoms with E-state index in [4.69, 9.17) is 33.2 Å². The average molecular weight is 655 g/mol. The van der Waals surface area contributed by atoms with Crippen molar-refractivity contribution in [2.75, 3.05) is 66.1 Å². The number of hydrogen-bond donors (Lipinski definition) is 0. The Hall–Kier alpha value is -4.88. The van der Waals surface area contributed by atoms with Crippen LogP contribution in [0, 0.1) is 0 Å². The highest BCUT2D eigenvalue weighted by Gasteiger charge is 2.15. The molecule has 0 N–H and O–H groups in total. The highest BCUT2D eigenvalue weighted by Crippen LogP contribution is 2.37. The van der Waals surface area contributed by atoms with E-state index < -0.39 is 0 Å². The van der Waals surface area contributed by atoms with Crippen molar-refractivity contribution in [2.24, 2.45) is 7.05 Å². The first kappa shape index (κ1) is 33.0. The minimum atomic E-state index is -0.170. The molecule has 0 fully saturated rings. The topological polar surface area (TPSA) is 125 Å². The van der Waals surface area contributed by atoms with Crippen molar-refractivity contribution in [3.05, 3.63) is 101 Å². The number of aromatic nitrogens is 4. The van der Waals surface area contributed by atoms with Crippen LogP contribution in [0.1, 0.15) is 11.4 Å². The molecule has 0 bridgehead atoms. The minimum Gasteiger partial charge on any atom is -0.487 e. The van der Waals surface area contributed by atoms with E-state index in [0.29, 0.717) is 118 Å². The van der Waals surface area contributed by atoms with Crippen molar-refractivity contribution in [3.8, 4) is 34.3 Å². The highest BCUT2D eigenvalue weighted by atomic mass is 16.6. The third-order valence-electron chi connectivity index (χ3n) is 7.56. The normalized spacial score (nSPS) is 15.4. The number of nitrogens with zero attached hydrogens (tertiary/aromatic N) is 4. The van der Waals surface area contributed by atoms with Gasteiger partial charge >= 0.3 is 0 Å². The summed E-state index contributed by atoms with van der Waals surface area (Å²) in [4.78, 5) is 26.9. The SMILES string of the molecule is Cn1c(Cc2ccccc2)ncc(-c2ccc(Oc3ccnc4cc5c(cc34)OCCOCCOCCOCCOCCO5)cn2)c1=O. The van der Waals surface area contributed by atoms with Crippen LogP contribution < -0.4 is 19.8 Å². The predicted octanol–water partition coefficient (Wildman–Crippen LogP) is 4.61. The standard InChI is InChI=1S/C36H38N4O8/c1-40-35(21-26-5-3-2-4-6-26)39-25-29(36(40)41)30-8-7-27(24-38-30)48-32-9-10-37-31-23-34-33(22-28(31)32)46-19-17-44-15-13-42-11-12-43-14-16-45-18-20-47-34/h2-10,22-25H,11-21H2,1H3. The molecular weight excluding hydrogens is 616 g/mol. The first-order chi connectivity index (χ1) is 23.7. The van der Waals surface area contributed by atoms with Crippen LogP contribution in [0.25, 0.3) is 22.2 Å². The number of rotatable bonds is 5. The van der Waals surface area contributed by atoms with Gasteiger partial charge in [-0.25, -0.2) is 4.98 Å². The van der Waals surface area contributed by atoms with Gasteiger partial charge in [0, 0.05) is 37.3 Å². The van der Waals surface area contributed by atoms with E-state index in [-0.39, 0.29) is 5.56 Å². The molecule has 5 aromatic rings. The fourth-order valence-corrected chi connectivity index (χ4v) is 5.05. The van der Waals surface area contributed by atoms with Crippen LogP contribution in [0.2, 0.25) is 0 Å². The van der Waals surface area contributed by atoms with Gasteiger partial charge < -0.3 is 33.2 Å². The van der Waals surface area contributed by atoms with Crippen LogP contribution in [0.15, 0.2) is 84.0 Å². The molecule has 0 spiro atoms. The van der Waals surface area contributed by atoms with Gasteiger partial charge in [0.2, 0.25) is 0 Å². The van der Waals surface area contributed by atoms with E-state index in [2.05, 4.69) is 15.0 Å². The van der Waals surface area contributed by atoms with Gasteiger partial charge in [0.05, 0.1) is 75.8 Å². The fraction of sp³-hybridized carbons (Fsp3) is 0.333. The summed E-state index contributed by atoms with van der Waals surface area (Å²) in [6, 6.07) is 18.9. The number of pyridine rings is 2. The van der Waals surface area contributed by atoms with Gasteiger partial charge in [0.1, 0.15) is 30.5 Å². The Kier molecular flexibility index (Phi) is 11.6. The second kappa shape index (κ2) is 16.8. The number of ether oxygens (including phenoxy) is 7. The molecule has 4 heterocycles. The lowest BCUT2D eigenvalue weighted by Crippen LogP contribution is -2.24. The molecule has 0 atom stereocenters. The van der Waals surface area contributed by atoms with Gasteiger partial charge in [-0.05, 0) is 29.8 Å². The lowest BCUT2D eigenvalue weighted by atomic mass is 10.1. The Morgan fingerprint density at radius 3 is 2.00 bits per heavy atom. The van der Waals surface area contributed by atoms with Crippen LogP contribution in [0.4, 0.5) is 0 Å². The third kappa shape index (κ3) is 8.72. The second-order valence-corrected chi connectivity index (χ2v) is 10.9. The van der Waals surface area contributed by atoms with E-state index >= 15 is 0 Å². The Morgan fingerprint density at radius 2 is 1.35 bits per heavy atom. The van der Waals surface area contributed by atoms with Crippen molar-refractivity contribution in [2.45, 2.75) is 6.42 Å². The largest absolute Gasteiger partial charge is 0.487 e. The maximum atomic E-state index is 13.2. The smallest absolute Gasteiger partial charge is 0.262 e. The van der Waals surface area contributed by atoms with Gasteiger partial charge in [-0.2, -0.15) is 0 Å². The zero-order chi connectivity index (χ0) is 33.0. The maximum Gasteiger partial charge on any atom is 0.262 e. The summed E-state index contributed by atoms with van der Waals surface area (Å²) >= 11 is 0. The molecule has 1 aliphatic heterocycles. The van der Waals surface area contributed by atoms with E-state index in [1.165, 1.54) is 0 Å². The summed E-state index contributed by atoms with van der Waals surface area (Å²) < 4.78 is 42.2. The molecule has 12 heteroatoms.